The van der Waals surface area contributed by atoms with Crippen LogP contribution in [0.25, 0.3) is 0 Å². The summed E-state index contributed by atoms with van der Waals surface area (Å²) in [5.41, 5.74) is 0. The Bertz CT molecular complexity index is 69.1. The number of rotatable bonds is 0. The molecule has 9 heavy (non-hydrogen) atoms. The Morgan fingerprint density at radius 2 is 0.778 bits per heavy atom. The molecule has 54 valence electrons. The normalized spacial score (nSPS) is 5.33. The molecule has 0 spiro atoms. The Kier molecular flexibility index (Phi) is 19.0. The van der Waals surface area contributed by atoms with Gasteiger partial charge in [-0.15, -0.1) is 0 Å². The van der Waals surface area contributed by atoms with Crippen molar-refractivity contribution in [2.24, 2.45) is 0 Å². The zero-order chi connectivity index (χ0) is 7.15. The van der Waals surface area contributed by atoms with E-state index in [1.54, 1.807) is 0 Å². The molecule has 0 aliphatic rings. The first kappa shape index (κ1) is 15.9. The van der Waals surface area contributed by atoms with E-state index in [1.807, 2.05) is 0 Å². The molecule has 0 N–H and O–H groups in total. The van der Waals surface area contributed by atoms with Gasteiger partial charge in [-0.3, -0.25) is 0 Å². The van der Waals surface area contributed by atoms with Crippen molar-refractivity contribution in [3.05, 3.63) is 0 Å². The number of hydrogen-bond acceptors (Lipinski definition) is 6. The van der Waals surface area contributed by atoms with Crippen molar-refractivity contribution < 1.29 is 68.2 Å². The molecule has 0 bridgehead atoms. The second kappa shape index (κ2) is 10.7. The summed E-state index contributed by atoms with van der Waals surface area (Å²) in [5, 5.41) is 33.3. The van der Waals surface area contributed by atoms with Gasteiger partial charge < -0.3 is 30.0 Å². The average molecular weight is 283 g/mol. The van der Waals surface area contributed by atoms with Crippen molar-refractivity contribution in [1.29, 1.82) is 0 Å². The zero-order valence-corrected chi connectivity index (χ0v) is 5.79. The van der Waals surface area contributed by atoms with E-state index in [4.69, 9.17) is 30.0 Å². The van der Waals surface area contributed by atoms with Crippen molar-refractivity contribution in [2.45, 2.75) is 0 Å². The monoisotopic (exact) mass is 284 g/mol. The average Bonchev–Trinajstić information content (AvgIpc) is 1.25. The third-order valence-corrected chi connectivity index (χ3v) is 0. The maximum atomic E-state index is 8.33. The van der Waals surface area contributed by atoms with Gasteiger partial charge in [-0.1, -0.05) is 0 Å². The SMILES string of the molecule is O=C([O-])[O-].O=C([O-])[O-].[Dy+4]. The van der Waals surface area contributed by atoms with E-state index in [9.17, 15) is 0 Å². The third kappa shape index (κ3) is 7530. The summed E-state index contributed by atoms with van der Waals surface area (Å²) in [6.07, 6.45) is -4.67. The van der Waals surface area contributed by atoms with Crippen LogP contribution in [0, 0.1) is 38.2 Å². The van der Waals surface area contributed by atoms with Crippen LogP contribution in [0.5, 0.6) is 0 Å². The van der Waals surface area contributed by atoms with Crippen LogP contribution < -0.4 is 20.4 Å². The summed E-state index contributed by atoms with van der Waals surface area (Å²) in [6, 6.07) is 0. The second-order valence-electron chi connectivity index (χ2n) is 0.500. The Morgan fingerprint density at radius 1 is 0.778 bits per heavy atom. The van der Waals surface area contributed by atoms with Crippen LogP contribution in [-0.2, 0) is 0 Å². The smallest absolute Gasteiger partial charge is 0.652 e. The summed E-state index contributed by atoms with van der Waals surface area (Å²) in [6.45, 7) is 0. The van der Waals surface area contributed by atoms with Crippen molar-refractivity contribution in [1.82, 2.24) is 0 Å². The number of carboxylic acid groups (broad SMARTS) is 4. The minimum atomic E-state index is -2.33. The van der Waals surface area contributed by atoms with Crippen LogP contribution in [-0.4, -0.2) is 12.3 Å². The van der Waals surface area contributed by atoms with Crippen LogP contribution in [0.4, 0.5) is 9.59 Å². The van der Waals surface area contributed by atoms with Gasteiger partial charge in [0.05, 0.1) is 0 Å². The molecule has 0 amide bonds. The number of hydrogen-bond donors (Lipinski definition) is 0. The maximum Gasteiger partial charge on any atom is 4.00 e. The Balaban J connectivity index is -0.0000000720. The van der Waals surface area contributed by atoms with Crippen LogP contribution in [0.2, 0.25) is 0 Å². The summed E-state index contributed by atoms with van der Waals surface area (Å²) in [4.78, 5) is 16.7. The molecule has 0 radical (unpaired) electrons. The van der Waals surface area contributed by atoms with Crippen molar-refractivity contribution in [3.8, 4) is 0 Å². The quantitative estimate of drug-likeness (QED) is 0.438. The van der Waals surface area contributed by atoms with E-state index in [0.29, 0.717) is 0 Å². The van der Waals surface area contributed by atoms with Crippen LogP contribution in [0.3, 0.4) is 0 Å². The molecule has 0 atom stereocenters. The van der Waals surface area contributed by atoms with Gasteiger partial charge in [0, 0.05) is 0 Å². The van der Waals surface area contributed by atoms with Gasteiger partial charge in [0.25, 0.3) is 0 Å². The van der Waals surface area contributed by atoms with Crippen LogP contribution >= 0.6 is 0 Å². The van der Waals surface area contributed by atoms with Gasteiger partial charge in [0.2, 0.25) is 0 Å². The molecule has 0 aliphatic heterocycles. The molecule has 0 aromatic heterocycles. The van der Waals surface area contributed by atoms with Gasteiger partial charge in [-0.05, 0) is 12.3 Å². The molecule has 0 rings (SSSR count). The third-order valence-electron chi connectivity index (χ3n) is 0. The molecule has 0 saturated heterocycles. The Hall–Kier alpha value is -0.187. The van der Waals surface area contributed by atoms with E-state index < -0.39 is 12.3 Å². The molecule has 6 nitrogen and oxygen atoms in total. The van der Waals surface area contributed by atoms with E-state index in [-0.39, 0.29) is 38.2 Å². The first-order valence-corrected chi connectivity index (χ1v) is 1.22. The number of carbonyl (C=O) groups excluding carboxylic acids is 2. The summed E-state index contributed by atoms with van der Waals surface area (Å²) >= 11 is 0. The van der Waals surface area contributed by atoms with Gasteiger partial charge in [-0.25, -0.2) is 0 Å². The molecule has 0 aromatic rings. The molecule has 0 aromatic carbocycles. The van der Waals surface area contributed by atoms with E-state index >= 15 is 0 Å². The van der Waals surface area contributed by atoms with Crippen molar-refractivity contribution in [3.63, 3.8) is 0 Å². The maximum absolute atomic E-state index is 8.33. The molecular formula is C2DyO6. The van der Waals surface area contributed by atoms with Gasteiger partial charge in [-0.2, -0.15) is 0 Å². The topological polar surface area (TPSA) is 126 Å². The minimum absolute atomic E-state index is 0. The first-order chi connectivity index (χ1) is 3.46. The first-order valence-electron chi connectivity index (χ1n) is 1.22. The second-order valence-corrected chi connectivity index (χ2v) is 0.500. The minimum Gasteiger partial charge on any atom is -0.652 e. The van der Waals surface area contributed by atoms with E-state index in [1.165, 1.54) is 0 Å². The fourth-order valence-electron chi connectivity index (χ4n) is 0. The zero-order valence-electron chi connectivity index (χ0n) is 3.77. The molecule has 0 fully saturated rings. The van der Waals surface area contributed by atoms with Gasteiger partial charge >= 0.3 is 38.2 Å². The summed E-state index contributed by atoms with van der Waals surface area (Å²) in [5.74, 6) is 0. The Labute approximate surface area is 80.1 Å². The standard InChI is InChI=1S/2CH2O3.Dy/c2*2-1(3)4;/h2*(H2,2,3,4);/q;;+4/p-4. The fraction of sp³-hybridized carbons (Fsp3) is 0. The Morgan fingerprint density at radius 3 is 0.778 bits per heavy atom. The molecule has 7 heteroatoms. The van der Waals surface area contributed by atoms with Crippen LogP contribution in [0.15, 0.2) is 0 Å². The largest absolute Gasteiger partial charge is 4.00 e. The van der Waals surface area contributed by atoms with Crippen molar-refractivity contribution in [2.75, 3.05) is 0 Å². The summed E-state index contributed by atoms with van der Waals surface area (Å²) < 4.78 is 0. The fourth-order valence-corrected chi connectivity index (χ4v) is 0. The molecule has 0 heterocycles. The molecule has 0 aliphatic carbocycles. The van der Waals surface area contributed by atoms with Gasteiger partial charge in [0.15, 0.2) is 0 Å². The predicted octanol–water partition coefficient (Wildman–Crippen LogP) is -4.89. The molecule has 0 unspecified atom stereocenters. The predicted molar refractivity (Wildman–Crippen MR) is 10.8 cm³/mol. The van der Waals surface area contributed by atoms with Crippen molar-refractivity contribution >= 4 is 12.3 Å². The summed E-state index contributed by atoms with van der Waals surface area (Å²) in [7, 11) is 0. The number of carbonyl (C=O) groups is 2. The molecule has 0 saturated carbocycles. The van der Waals surface area contributed by atoms with E-state index in [2.05, 4.69) is 0 Å². The van der Waals surface area contributed by atoms with Gasteiger partial charge in [0.1, 0.15) is 0 Å². The van der Waals surface area contributed by atoms with Crippen LogP contribution in [0.1, 0.15) is 0 Å². The molecular weight excluding hydrogens is 283 g/mol. The van der Waals surface area contributed by atoms with E-state index in [0.717, 1.165) is 0 Å².